The molecule has 32 heavy (non-hydrogen) atoms. The third kappa shape index (κ3) is 6.11. The fraction of sp³-hybridized carbons (Fsp3) is 0.654. The van der Waals surface area contributed by atoms with E-state index in [-0.39, 0.29) is 30.3 Å². The second kappa shape index (κ2) is 11.0. The Hall–Kier alpha value is -2.37. The fourth-order valence-corrected chi connectivity index (χ4v) is 4.75. The summed E-state index contributed by atoms with van der Waals surface area (Å²) in [5.74, 6) is 1.87. The van der Waals surface area contributed by atoms with Crippen LogP contribution in [0.2, 0.25) is 0 Å². The summed E-state index contributed by atoms with van der Waals surface area (Å²) in [6.45, 7) is 12.3. The topological polar surface area (TPSA) is 67.2 Å². The zero-order valence-electron chi connectivity index (χ0n) is 20.4. The van der Waals surface area contributed by atoms with Crippen LogP contribution in [0.4, 0.5) is 0 Å². The first-order valence-electron chi connectivity index (χ1n) is 12.3. The molecule has 1 atom stereocenters. The Morgan fingerprint density at radius 1 is 1.03 bits per heavy atom. The van der Waals surface area contributed by atoms with Crippen LogP contribution in [0.5, 0.6) is 0 Å². The number of benzene rings is 1. The van der Waals surface area contributed by atoms with Crippen LogP contribution in [0.1, 0.15) is 78.6 Å². The summed E-state index contributed by atoms with van der Waals surface area (Å²) in [6.07, 6.45) is 5.40. The third-order valence-electron chi connectivity index (χ3n) is 6.22. The Kier molecular flexibility index (Phi) is 8.32. The molecule has 0 radical (unpaired) electrons. The van der Waals surface area contributed by atoms with Gasteiger partial charge in [0.15, 0.2) is 0 Å². The number of hydrogen-bond donors (Lipinski definition) is 1. The van der Waals surface area contributed by atoms with Crippen LogP contribution in [-0.4, -0.2) is 39.4 Å². The first-order valence-corrected chi connectivity index (χ1v) is 12.3. The van der Waals surface area contributed by atoms with Crippen molar-refractivity contribution in [2.75, 3.05) is 13.1 Å². The first kappa shape index (κ1) is 24.3. The molecule has 1 unspecified atom stereocenters. The molecule has 1 aliphatic carbocycles. The van der Waals surface area contributed by atoms with Gasteiger partial charge in [-0.2, -0.15) is 0 Å². The number of aromatic nitrogens is 2. The highest BCUT2D eigenvalue weighted by molar-refractivity contribution is 5.82. The molecule has 0 saturated heterocycles. The molecule has 6 nitrogen and oxygen atoms in total. The van der Waals surface area contributed by atoms with E-state index in [1.54, 1.807) is 0 Å². The number of amides is 2. The van der Waals surface area contributed by atoms with Crippen LogP contribution < -0.4 is 5.32 Å². The number of para-hydroxylation sites is 2. The smallest absolute Gasteiger partial charge is 0.242 e. The fourth-order valence-electron chi connectivity index (χ4n) is 4.75. The van der Waals surface area contributed by atoms with Gasteiger partial charge in [-0.25, -0.2) is 4.98 Å². The van der Waals surface area contributed by atoms with Gasteiger partial charge in [0.2, 0.25) is 11.8 Å². The van der Waals surface area contributed by atoms with Crippen LogP contribution >= 0.6 is 0 Å². The molecule has 1 N–H and O–H groups in total. The number of carbonyl (C=O) groups excluding carboxylic acids is 2. The Bertz CT molecular complexity index is 902. The van der Waals surface area contributed by atoms with Gasteiger partial charge in [0.25, 0.3) is 0 Å². The lowest BCUT2D eigenvalue weighted by Gasteiger charge is -2.27. The van der Waals surface area contributed by atoms with Crippen molar-refractivity contribution >= 4 is 22.8 Å². The van der Waals surface area contributed by atoms with Crippen molar-refractivity contribution in [3.63, 3.8) is 0 Å². The second-order valence-electron chi connectivity index (χ2n) is 10.2. The molecular weight excluding hydrogens is 400 g/mol. The molecule has 3 rings (SSSR count). The van der Waals surface area contributed by atoms with Crippen molar-refractivity contribution < 1.29 is 9.59 Å². The highest BCUT2D eigenvalue weighted by Gasteiger charge is 2.26. The minimum atomic E-state index is -0.256. The summed E-state index contributed by atoms with van der Waals surface area (Å²) in [7, 11) is 0. The summed E-state index contributed by atoms with van der Waals surface area (Å²) in [6, 6.07) is 7.65. The first-order chi connectivity index (χ1) is 15.3. The van der Waals surface area contributed by atoms with Crippen molar-refractivity contribution in [1.82, 2.24) is 19.8 Å². The molecule has 1 aromatic carbocycles. The standard InChI is InChI=1S/C26H40N4O2/c1-18(2)15-29(16-19(3)4)24(31)17-30-23-14-10-9-13-22(23)28-25(30)20(5)27-26(32)21-11-7-6-8-12-21/h9-10,13-14,18-21H,6-8,11-12,15-17H2,1-5H3,(H,27,32). The largest absolute Gasteiger partial charge is 0.346 e. The number of nitrogens with zero attached hydrogens (tertiary/aromatic N) is 3. The number of imidazole rings is 1. The number of nitrogens with one attached hydrogen (secondary N) is 1. The average molecular weight is 441 g/mol. The Balaban J connectivity index is 1.84. The highest BCUT2D eigenvalue weighted by Crippen LogP contribution is 2.26. The van der Waals surface area contributed by atoms with E-state index >= 15 is 0 Å². The van der Waals surface area contributed by atoms with Gasteiger partial charge in [-0.3, -0.25) is 9.59 Å². The van der Waals surface area contributed by atoms with E-state index in [1.807, 2.05) is 40.7 Å². The monoisotopic (exact) mass is 440 g/mol. The van der Waals surface area contributed by atoms with Crippen molar-refractivity contribution in [3.05, 3.63) is 30.1 Å². The van der Waals surface area contributed by atoms with Gasteiger partial charge in [-0.05, 0) is 43.7 Å². The maximum Gasteiger partial charge on any atom is 0.242 e. The molecular formula is C26H40N4O2. The molecule has 1 aliphatic rings. The summed E-state index contributed by atoms with van der Waals surface area (Å²) in [4.78, 5) is 33.0. The minimum Gasteiger partial charge on any atom is -0.346 e. The van der Waals surface area contributed by atoms with Crippen LogP contribution in [0.15, 0.2) is 24.3 Å². The Morgan fingerprint density at radius 2 is 1.66 bits per heavy atom. The predicted octanol–water partition coefficient (Wildman–Crippen LogP) is 4.93. The van der Waals surface area contributed by atoms with E-state index in [0.717, 1.165) is 55.6 Å². The van der Waals surface area contributed by atoms with Crippen molar-refractivity contribution in [1.29, 1.82) is 0 Å². The van der Waals surface area contributed by atoms with E-state index in [2.05, 4.69) is 33.0 Å². The molecule has 1 fully saturated rings. The molecule has 0 bridgehead atoms. The normalized spacial score (nSPS) is 16.0. The zero-order valence-corrected chi connectivity index (χ0v) is 20.4. The lowest BCUT2D eigenvalue weighted by Crippen LogP contribution is -2.40. The van der Waals surface area contributed by atoms with Gasteiger partial charge in [0.05, 0.1) is 17.1 Å². The molecule has 1 heterocycles. The van der Waals surface area contributed by atoms with Gasteiger partial charge >= 0.3 is 0 Å². The van der Waals surface area contributed by atoms with Crippen LogP contribution in [0.25, 0.3) is 11.0 Å². The predicted molar refractivity (Wildman–Crippen MR) is 129 cm³/mol. The molecule has 0 spiro atoms. The quantitative estimate of drug-likeness (QED) is 0.601. The summed E-state index contributed by atoms with van der Waals surface area (Å²) in [5.41, 5.74) is 1.79. The number of carbonyl (C=O) groups is 2. The van der Waals surface area contributed by atoms with Crippen molar-refractivity contribution in [2.45, 2.75) is 79.3 Å². The molecule has 176 valence electrons. The van der Waals surface area contributed by atoms with E-state index in [9.17, 15) is 9.59 Å². The van der Waals surface area contributed by atoms with E-state index < -0.39 is 0 Å². The SMILES string of the molecule is CC(C)CN(CC(C)C)C(=O)Cn1c(C(C)NC(=O)C2CCCCC2)nc2ccccc21. The van der Waals surface area contributed by atoms with Gasteiger partial charge in [0, 0.05) is 19.0 Å². The molecule has 0 aliphatic heterocycles. The van der Waals surface area contributed by atoms with Crippen LogP contribution in [0, 0.1) is 17.8 Å². The summed E-state index contributed by atoms with van der Waals surface area (Å²) in [5, 5.41) is 3.19. The molecule has 2 aromatic rings. The summed E-state index contributed by atoms with van der Waals surface area (Å²) >= 11 is 0. The molecule has 6 heteroatoms. The van der Waals surface area contributed by atoms with Gasteiger partial charge in [-0.15, -0.1) is 0 Å². The second-order valence-corrected chi connectivity index (χ2v) is 10.2. The maximum absolute atomic E-state index is 13.4. The van der Waals surface area contributed by atoms with Gasteiger partial charge < -0.3 is 14.8 Å². The zero-order chi connectivity index (χ0) is 23.3. The Morgan fingerprint density at radius 3 is 2.28 bits per heavy atom. The lowest BCUT2D eigenvalue weighted by molar-refractivity contribution is -0.132. The van der Waals surface area contributed by atoms with Crippen LogP contribution in [0.3, 0.4) is 0 Å². The molecule has 2 amide bonds. The number of fused-ring (bicyclic) bond motifs is 1. The van der Waals surface area contributed by atoms with E-state index in [1.165, 1.54) is 6.42 Å². The van der Waals surface area contributed by atoms with Crippen molar-refractivity contribution in [2.24, 2.45) is 17.8 Å². The Labute approximate surface area is 192 Å². The molecule has 1 saturated carbocycles. The lowest BCUT2D eigenvalue weighted by atomic mass is 9.88. The van der Waals surface area contributed by atoms with Gasteiger partial charge in [0.1, 0.15) is 12.4 Å². The minimum absolute atomic E-state index is 0.0956. The maximum atomic E-state index is 13.4. The number of rotatable bonds is 9. The third-order valence-corrected chi connectivity index (χ3v) is 6.22. The van der Waals surface area contributed by atoms with E-state index in [4.69, 9.17) is 4.98 Å². The summed E-state index contributed by atoms with van der Waals surface area (Å²) < 4.78 is 2.00. The van der Waals surface area contributed by atoms with E-state index in [0.29, 0.717) is 11.8 Å². The molecule has 1 aromatic heterocycles. The van der Waals surface area contributed by atoms with Crippen molar-refractivity contribution in [3.8, 4) is 0 Å². The average Bonchev–Trinajstić information content (AvgIpc) is 3.12. The number of hydrogen-bond acceptors (Lipinski definition) is 3. The van der Waals surface area contributed by atoms with Gasteiger partial charge in [-0.1, -0.05) is 59.1 Å². The highest BCUT2D eigenvalue weighted by atomic mass is 16.2. The van der Waals surface area contributed by atoms with Crippen LogP contribution in [-0.2, 0) is 16.1 Å².